The maximum Gasteiger partial charge on any atom is 0.472 e. The van der Waals surface area contributed by atoms with Gasteiger partial charge >= 0.3 is 39.5 Å². The quantitative estimate of drug-likeness (QED) is 0.0222. The van der Waals surface area contributed by atoms with Crippen LogP contribution in [0.4, 0.5) is 0 Å². The second-order valence-electron chi connectivity index (χ2n) is 32.6. The van der Waals surface area contributed by atoms with Gasteiger partial charge in [-0.15, -0.1) is 0 Å². The Hall–Kier alpha value is -1.94. The van der Waals surface area contributed by atoms with Gasteiger partial charge in [0.25, 0.3) is 0 Å². The van der Waals surface area contributed by atoms with Crippen molar-refractivity contribution < 1.29 is 80.2 Å². The summed E-state index contributed by atoms with van der Waals surface area (Å²) in [6.07, 6.45) is 72.3. The smallest absolute Gasteiger partial charge is 0.462 e. The first kappa shape index (κ1) is 105. The molecule has 0 bridgehead atoms. The van der Waals surface area contributed by atoms with Crippen molar-refractivity contribution in [1.29, 1.82) is 0 Å². The maximum atomic E-state index is 13.2. The first-order valence-electron chi connectivity index (χ1n) is 45.5. The molecule has 636 valence electrons. The number of ether oxygens (including phenoxy) is 4. The Morgan fingerprint density at radius 1 is 0.252 bits per heavy atom. The highest BCUT2D eigenvalue weighted by molar-refractivity contribution is 7.47. The molecule has 0 rings (SSSR count). The minimum absolute atomic E-state index is 0.107. The van der Waals surface area contributed by atoms with E-state index < -0.39 is 97.5 Å². The Kier molecular flexibility index (Phi) is 77.9. The monoisotopic (exact) mass is 1560 g/mol. The molecule has 0 spiro atoms. The Bertz CT molecular complexity index is 2050. The average Bonchev–Trinajstić information content (AvgIpc) is 0.937. The van der Waals surface area contributed by atoms with Crippen LogP contribution in [0.25, 0.3) is 0 Å². The highest BCUT2D eigenvalue weighted by Crippen LogP contribution is 2.45. The number of carbonyl (C=O) groups excluding carboxylic acids is 4. The lowest BCUT2D eigenvalue weighted by Crippen LogP contribution is -2.30. The van der Waals surface area contributed by atoms with Gasteiger partial charge in [-0.2, -0.15) is 0 Å². The summed E-state index contributed by atoms with van der Waals surface area (Å²) in [7, 11) is -9.93. The van der Waals surface area contributed by atoms with Gasteiger partial charge in [0.15, 0.2) is 12.2 Å². The summed E-state index contributed by atoms with van der Waals surface area (Å²) in [5.74, 6) is -0.579. The SMILES string of the molecule is CCCCCCCCCCCCCCCCCCCCCCCC(=O)O[C@H](COC(=O)CCCCCCCCCCCCCCCCCCCC)COP(=O)(O)OC[C@@H](O)COP(=O)(O)OC[C@@H](COC(=O)CCCCCCCCCCC(C)C)OC(=O)CCCCCCCCCCCCCCCCC(C)C. The molecule has 0 aliphatic rings. The van der Waals surface area contributed by atoms with E-state index in [1.807, 2.05) is 0 Å². The number of carbonyl (C=O) groups is 4. The van der Waals surface area contributed by atoms with Gasteiger partial charge in [-0.1, -0.05) is 420 Å². The summed E-state index contributed by atoms with van der Waals surface area (Å²) in [6.45, 7) is 9.67. The number of hydrogen-bond acceptors (Lipinski definition) is 15. The zero-order valence-electron chi connectivity index (χ0n) is 70.5. The van der Waals surface area contributed by atoms with Gasteiger partial charge in [-0.05, 0) is 37.5 Å². The molecule has 17 nitrogen and oxygen atoms in total. The lowest BCUT2D eigenvalue weighted by Gasteiger charge is -2.21. The minimum atomic E-state index is -4.97. The summed E-state index contributed by atoms with van der Waals surface area (Å²) in [6, 6.07) is 0. The number of rotatable bonds is 87. The maximum absolute atomic E-state index is 13.2. The highest BCUT2D eigenvalue weighted by atomic mass is 31.2. The van der Waals surface area contributed by atoms with Crippen LogP contribution in [0, 0.1) is 11.8 Å². The topological polar surface area (TPSA) is 237 Å². The number of aliphatic hydroxyl groups is 1. The molecule has 0 heterocycles. The molecule has 107 heavy (non-hydrogen) atoms. The number of unbranched alkanes of at least 4 members (excludes halogenated alkanes) is 57. The summed E-state index contributed by atoms with van der Waals surface area (Å²) >= 11 is 0. The fourth-order valence-corrected chi connectivity index (χ4v) is 15.4. The van der Waals surface area contributed by atoms with Crippen LogP contribution in [0.2, 0.25) is 0 Å². The molecule has 0 aliphatic carbocycles. The normalized spacial score (nSPS) is 13.8. The lowest BCUT2D eigenvalue weighted by atomic mass is 10.0. The van der Waals surface area contributed by atoms with Gasteiger partial charge in [0.05, 0.1) is 26.4 Å². The number of hydrogen-bond donors (Lipinski definition) is 3. The zero-order chi connectivity index (χ0) is 78.5. The van der Waals surface area contributed by atoms with Crippen LogP contribution in [-0.4, -0.2) is 96.7 Å². The molecule has 0 aromatic carbocycles. The molecule has 0 saturated carbocycles. The molecule has 0 amide bonds. The molecule has 5 atom stereocenters. The van der Waals surface area contributed by atoms with Crippen LogP contribution >= 0.6 is 15.6 Å². The van der Waals surface area contributed by atoms with Crippen molar-refractivity contribution in [2.24, 2.45) is 11.8 Å². The van der Waals surface area contributed by atoms with Crippen molar-refractivity contribution in [1.82, 2.24) is 0 Å². The molecule has 0 fully saturated rings. The van der Waals surface area contributed by atoms with E-state index in [4.69, 9.17) is 37.0 Å². The van der Waals surface area contributed by atoms with Crippen molar-refractivity contribution in [2.45, 2.75) is 490 Å². The van der Waals surface area contributed by atoms with Crippen molar-refractivity contribution in [2.75, 3.05) is 39.6 Å². The largest absolute Gasteiger partial charge is 0.472 e. The molecule has 0 radical (unpaired) electrons. The predicted molar refractivity (Wildman–Crippen MR) is 442 cm³/mol. The lowest BCUT2D eigenvalue weighted by molar-refractivity contribution is -0.161. The Morgan fingerprint density at radius 3 is 0.636 bits per heavy atom. The average molecular weight is 1560 g/mol. The van der Waals surface area contributed by atoms with Crippen molar-refractivity contribution in [3.63, 3.8) is 0 Å². The van der Waals surface area contributed by atoms with Crippen LogP contribution in [0.5, 0.6) is 0 Å². The molecule has 3 N–H and O–H groups in total. The van der Waals surface area contributed by atoms with E-state index in [1.54, 1.807) is 0 Å². The minimum Gasteiger partial charge on any atom is -0.462 e. The summed E-state index contributed by atoms with van der Waals surface area (Å²) in [4.78, 5) is 73.3. The van der Waals surface area contributed by atoms with Crippen molar-refractivity contribution >= 4 is 39.5 Å². The van der Waals surface area contributed by atoms with E-state index in [-0.39, 0.29) is 25.7 Å². The first-order chi connectivity index (χ1) is 51.9. The fraction of sp³-hybridized carbons (Fsp3) is 0.955. The van der Waals surface area contributed by atoms with Crippen LogP contribution in [-0.2, 0) is 65.4 Å². The van der Waals surface area contributed by atoms with Crippen molar-refractivity contribution in [3.8, 4) is 0 Å². The van der Waals surface area contributed by atoms with Crippen LogP contribution in [0.3, 0.4) is 0 Å². The number of esters is 4. The van der Waals surface area contributed by atoms with E-state index >= 15 is 0 Å². The second-order valence-corrected chi connectivity index (χ2v) is 35.5. The number of aliphatic hydroxyl groups excluding tert-OH is 1. The van der Waals surface area contributed by atoms with E-state index in [0.717, 1.165) is 102 Å². The molecular formula is C88H172O17P2. The third-order valence-electron chi connectivity index (χ3n) is 20.7. The second kappa shape index (κ2) is 79.3. The molecule has 0 aromatic heterocycles. The zero-order valence-corrected chi connectivity index (χ0v) is 72.2. The Balaban J connectivity index is 5.24. The molecule has 19 heteroatoms. The molecule has 0 aliphatic heterocycles. The summed E-state index contributed by atoms with van der Waals surface area (Å²) in [5, 5.41) is 10.7. The van der Waals surface area contributed by atoms with Crippen LogP contribution in [0.1, 0.15) is 472 Å². The van der Waals surface area contributed by atoms with Gasteiger partial charge in [-0.3, -0.25) is 37.3 Å². The molecule has 0 saturated heterocycles. The van der Waals surface area contributed by atoms with E-state index in [2.05, 4.69) is 41.5 Å². The Labute approximate surface area is 658 Å². The third kappa shape index (κ3) is 81.9. The van der Waals surface area contributed by atoms with Crippen LogP contribution < -0.4 is 0 Å². The Morgan fingerprint density at radius 2 is 0.430 bits per heavy atom. The predicted octanol–water partition coefficient (Wildman–Crippen LogP) is 27.0. The van der Waals surface area contributed by atoms with E-state index in [1.165, 1.54) is 289 Å². The first-order valence-corrected chi connectivity index (χ1v) is 48.5. The third-order valence-corrected chi connectivity index (χ3v) is 22.6. The van der Waals surface area contributed by atoms with Crippen molar-refractivity contribution in [3.05, 3.63) is 0 Å². The van der Waals surface area contributed by atoms with Gasteiger partial charge < -0.3 is 33.8 Å². The van der Waals surface area contributed by atoms with Gasteiger partial charge in [0, 0.05) is 25.7 Å². The van der Waals surface area contributed by atoms with Gasteiger partial charge in [0.2, 0.25) is 0 Å². The standard InChI is InChI=1S/C88H172O17P2/c1-7-9-11-13-15-17-19-21-23-25-27-28-29-31-33-38-42-46-54-60-66-72-87(92)104-83(76-98-85(90)70-64-58-52-45-41-37-32-30-26-24-22-20-18-16-14-12-10-8-2)78-102-106(94,95)100-74-82(89)75-101-107(96,97)103-79-84(77-99-86(91)71-65-59-53-49-48-51-57-63-69-81(5)6)105-88(93)73-67-61-55-47-43-39-35-34-36-40-44-50-56-62-68-80(3)4/h80-84,89H,7-79H2,1-6H3,(H,94,95)(H,96,97)/t82-,83-,84-/m1/s1. The highest BCUT2D eigenvalue weighted by Gasteiger charge is 2.30. The fourth-order valence-electron chi connectivity index (χ4n) is 13.8. The number of phosphoric acid groups is 2. The number of phosphoric ester groups is 2. The van der Waals surface area contributed by atoms with Gasteiger partial charge in [-0.25, -0.2) is 9.13 Å². The molecule has 2 unspecified atom stereocenters. The van der Waals surface area contributed by atoms with Crippen LogP contribution in [0.15, 0.2) is 0 Å². The van der Waals surface area contributed by atoms with E-state index in [9.17, 15) is 43.2 Å². The molecule has 0 aromatic rings. The molecular weight excluding hydrogens is 1390 g/mol. The van der Waals surface area contributed by atoms with Gasteiger partial charge in [0.1, 0.15) is 19.3 Å². The summed E-state index contributed by atoms with van der Waals surface area (Å²) in [5.41, 5.74) is 0. The summed E-state index contributed by atoms with van der Waals surface area (Å²) < 4.78 is 69.0. The van der Waals surface area contributed by atoms with E-state index in [0.29, 0.717) is 25.7 Å².